The predicted octanol–water partition coefficient (Wildman–Crippen LogP) is 2.81. The van der Waals surface area contributed by atoms with E-state index in [0.717, 1.165) is 18.4 Å². The van der Waals surface area contributed by atoms with E-state index in [2.05, 4.69) is 10.2 Å². The summed E-state index contributed by atoms with van der Waals surface area (Å²) in [6.45, 7) is 1.25. The quantitative estimate of drug-likeness (QED) is 0.757. The fourth-order valence-electron chi connectivity index (χ4n) is 3.56. The summed E-state index contributed by atoms with van der Waals surface area (Å²) in [7, 11) is 3.14. The van der Waals surface area contributed by atoms with E-state index in [9.17, 15) is 9.59 Å². The maximum Gasteiger partial charge on any atom is 0.303 e. The lowest BCUT2D eigenvalue weighted by Gasteiger charge is -2.32. The first-order valence-electron chi connectivity index (χ1n) is 9.30. The molecule has 2 N–H and O–H groups in total. The van der Waals surface area contributed by atoms with Crippen molar-refractivity contribution < 1.29 is 24.2 Å². The number of carboxylic acids is 1. The number of aromatic amines is 1. The number of hydrogen-bond acceptors (Lipinski definition) is 5. The first-order valence-corrected chi connectivity index (χ1v) is 9.30. The molecule has 0 bridgehead atoms. The molecular formula is C20H25N3O5. The Morgan fingerprint density at radius 2 is 2.04 bits per heavy atom. The van der Waals surface area contributed by atoms with Crippen molar-refractivity contribution in [3.05, 3.63) is 30.0 Å². The molecule has 1 aromatic heterocycles. The maximum absolute atomic E-state index is 12.8. The third kappa shape index (κ3) is 4.44. The highest BCUT2D eigenvalue weighted by molar-refractivity contribution is 5.93. The van der Waals surface area contributed by atoms with Crippen molar-refractivity contribution in [1.29, 1.82) is 0 Å². The average molecular weight is 387 g/mol. The number of H-pyrrole nitrogens is 1. The number of nitrogens with zero attached hydrogens (tertiary/aromatic N) is 2. The van der Waals surface area contributed by atoms with E-state index in [1.165, 1.54) is 0 Å². The molecule has 1 aliphatic rings. The molecule has 0 spiro atoms. The summed E-state index contributed by atoms with van der Waals surface area (Å²) in [5, 5.41) is 16.0. The number of aromatic nitrogens is 2. The number of ether oxygens (including phenoxy) is 2. The number of carbonyl (C=O) groups is 2. The molecule has 3 rings (SSSR count). The molecule has 1 amide bonds. The highest BCUT2D eigenvalue weighted by Gasteiger charge is 2.26. The smallest absolute Gasteiger partial charge is 0.303 e. The van der Waals surface area contributed by atoms with Crippen LogP contribution >= 0.6 is 0 Å². The molecule has 2 heterocycles. The zero-order valence-electron chi connectivity index (χ0n) is 16.1. The Balaban J connectivity index is 1.71. The van der Waals surface area contributed by atoms with E-state index in [4.69, 9.17) is 14.6 Å². The highest BCUT2D eigenvalue weighted by atomic mass is 16.5. The van der Waals surface area contributed by atoms with E-state index in [-0.39, 0.29) is 18.2 Å². The molecule has 1 fully saturated rings. The van der Waals surface area contributed by atoms with Crippen LogP contribution < -0.4 is 9.47 Å². The van der Waals surface area contributed by atoms with Gasteiger partial charge < -0.3 is 19.5 Å². The molecule has 0 saturated carbocycles. The largest absolute Gasteiger partial charge is 0.493 e. The van der Waals surface area contributed by atoms with Gasteiger partial charge >= 0.3 is 5.97 Å². The SMILES string of the molecule is COc1ccc(-c2cc(C(=O)N3CCCC(CCC(=O)O)C3)[nH]n2)cc1OC. The Hall–Kier alpha value is -3.03. The standard InChI is InChI=1S/C20H25N3O5/c1-27-17-7-6-14(10-18(17)28-2)15-11-16(22-21-15)20(26)23-9-3-4-13(12-23)5-8-19(24)25/h6-7,10-11,13H,3-5,8-9,12H2,1-2H3,(H,21,22)(H,24,25). The predicted molar refractivity (Wildman–Crippen MR) is 103 cm³/mol. The number of rotatable bonds is 7. The van der Waals surface area contributed by atoms with Gasteiger partial charge in [0.05, 0.1) is 19.9 Å². The van der Waals surface area contributed by atoms with E-state index < -0.39 is 5.97 Å². The van der Waals surface area contributed by atoms with E-state index in [0.29, 0.717) is 42.4 Å². The first-order chi connectivity index (χ1) is 13.5. The van der Waals surface area contributed by atoms with Crippen LogP contribution in [0, 0.1) is 5.92 Å². The van der Waals surface area contributed by atoms with Crippen LogP contribution in [0.5, 0.6) is 11.5 Å². The number of carboxylic acid groups (broad SMARTS) is 1. The van der Waals surface area contributed by atoms with Gasteiger partial charge in [-0.15, -0.1) is 0 Å². The van der Waals surface area contributed by atoms with Gasteiger partial charge in [-0.25, -0.2) is 0 Å². The summed E-state index contributed by atoms with van der Waals surface area (Å²) in [5.74, 6) is 0.532. The van der Waals surface area contributed by atoms with E-state index >= 15 is 0 Å². The maximum atomic E-state index is 12.8. The topological polar surface area (TPSA) is 105 Å². The molecule has 1 aliphatic heterocycles. The fraction of sp³-hybridized carbons (Fsp3) is 0.450. The summed E-state index contributed by atoms with van der Waals surface area (Å²) >= 11 is 0. The Bertz CT molecular complexity index is 848. The molecule has 0 aliphatic carbocycles. The second kappa shape index (κ2) is 8.77. The Morgan fingerprint density at radius 3 is 2.75 bits per heavy atom. The Morgan fingerprint density at radius 1 is 1.25 bits per heavy atom. The molecule has 1 atom stereocenters. The Labute approximate surface area is 163 Å². The van der Waals surface area contributed by atoms with Gasteiger partial charge in [0.15, 0.2) is 11.5 Å². The zero-order valence-corrected chi connectivity index (χ0v) is 16.1. The van der Waals surface area contributed by atoms with Crippen molar-refractivity contribution in [3.8, 4) is 22.8 Å². The number of methoxy groups -OCH3 is 2. The minimum atomic E-state index is -0.795. The first kappa shape index (κ1) is 19.7. The van der Waals surface area contributed by atoms with Crippen molar-refractivity contribution >= 4 is 11.9 Å². The lowest BCUT2D eigenvalue weighted by atomic mass is 9.93. The van der Waals surface area contributed by atoms with Gasteiger partial charge in [-0.05, 0) is 49.4 Å². The molecule has 1 unspecified atom stereocenters. The number of carbonyl (C=O) groups excluding carboxylic acids is 1. The van der Waals surface area contributed by atoms with Gasteiger partial charge in [0.25, 0.3) is 5.91 Å². The van der Waals surface area contributed by atoms with Crippen LogP contribution in [0.2, 0.25) is 0 Å². The number of piperidine rings is 1. The van der Waals surface area contributed by atoms with Gasteiger partial charge in [0.2, 0.25) is 0 Å². The van der Waals surface area contributed by atoms with Crippen molar-refractivity contribution in [2.24, 2.45) is 5.92 Å². The number of nitrogens with one attached hydrogen (secondary N) is 1. The molecule has 8 heteroatoms. The van der Waals surface area contributed by atoms with Crippen molar-refractivity contribution in [3.63, 3.8) is 0 Å². The average Bonchev–Trinajstić information content (AvgIpc) is 3.21. The van der Waals surface area contributed by atoms with Crippen molar-refractivity contribution in [1.82, 2.24) is 15.1 Å². The summed E-state index contributed by atoms with van der Waals surface area (Å²) in [4.78, 5) is 25.4. The van der Waals surface area contributed by atoms with Crippen LogP contribution in [0.1, 0.15) is 36.2 Å². The van der Waals surface area contributed by atoms with Gasteiger partial charge in [-0.3, -0.25) is 14.7 Å². The summed E-state index contributed by atoms with van der Waals surface area (Å²) in [5.41, 5.74) is 1.87. The number of aliphatic carboxylic acids is 1. The van der Waals surface area contributed by atoms with Crippen LogP contribution in [0.15, 0.2) is 24.3 Å². The third-order valence-electron chi connectivity index (χ3n) is 5.06. The summed E-state index contributed by atoms with van der Waals surface area (Å²) in [6.07, 6.45) is 2.57. The molecular weight excluding hydrogens is 362 g/mol. The number of amides is 1. The number of benzene rings is 1. The summed E-state index contributed by atoms with van der Waals surface area (Å²) < 4.78 is 10.6. The van der Waals surface area contributed by atoms with Crippen molar-refractivity contribution in [2.75, 3.05) is 27.3 Å². The second-order valence-corrected chi connectivity index (χ2v) is 6.93. The van der Waals surface area contributed by atoms with Crippen molar-refractivity contribution in [2.45, 2.75) is 25.7 Å². The van der Waals surface area contributed by atoms with Gasteiger partial charge in [0, 0.05) is 25.1 Å². The van der Waals surface area contributed by atoms with Gasteiger partial charge in [-0.2, -0.15) is 5.10 Å². The van der Waals surface area contributed by atoms with Crippen LogP contribution in [0.3, 0.4) is 0 Å². The zero-order chi connectivity index (χ0) is 20.1. The molecule has 28 heavy (non-hydrogen) atoms. The van der Waals surface area contributed by atoms with Crippen LogP contribution in [-0.4, -0.2) is 59.4 Å². The summed E-state index contributed by atoms with van der Waals surface area (Å²) in [6, 6.07) is 7.19. The Kier molecular flexibility index (Phi) is 6.18. The normalized spacial score (nSPS) is 16.6. The molecule has 1 aromatic carbocycles. The second-order valence-electron chi connectivity index (χ2n) is 6.93. The van der Waals surface area contributed by atoms with Gasteiger partial charge in [-0.1, -0.05) is 0 Å². The lowest BCUT2D eigenvalue weighted by molar-refractivity contribution is -0.137. The highest BCUT2D eigenvalue weighted by Crippen LogP contribution is 2.32. The number of likely N-dealkylation sites (tertiary alicyclic amines) is 1. The minimum Gasteiger partial charge on any atom is -0.493 e. The third-order valence-corrected chi connectivity index (χ3v) is 5.06. The minimum absolute atomic E-state index is 0.112. The van der Waals surface area contributed by atoms with E-state index in [1.807, 2.05) is 12.1 Å². The molecule has 1 saturated heterocycles. The van der Waals surface area contributed by atoms with E-state index in [1.54, 1.807) is 31.3 Å². The number of hydrogen-bond donors (Lipinski definition) is 2. The van der Waals surface area contributed by atoms with Gasteiger partial charge in [0.1, 0.15) is 5.69 Å². The van der Waals surface area contributed by atoms with Crippen LogP contribution in [0.4, 0.5) is 0 Å². The lowest BCUT2D eigenvalue weighted by Crippen LogP contribution is -2.40. The molecule has 8 nitrogen and oxygen atoms in total. The molecule has 150 valence electrons. The fourth-order valence-corrected chi connectivity index (χ4v) is 3.56. The molecule has 0 radical (unpaired) electrons. The monoisotopic (exact) mass is 387 g/mol. The van der Waals surface area contributed by atoms with Crippen LogP contribution in [-0.2, 0) is 4.79 Å². The van der Waals surface area contributed by atoms with Crippen LogP contribution in [0.25, 0.3) is 11.3 Å². The molecule has 2 aromatic rings.